The Kier molecular flexibility index (Phi) is 5.66. The molecule has 1 saturated heterocycles. The molecule has 0 bridgehead atoms. The highest BCUT2D eigenvalue weighted by Gasteiger charge is 2.31. The number of hydrogen-bond donors (Lipinski definition) is 0. The van der Waals surface area contributed by atoms with Crippen molar-refractivity contribution >= 4 is 27.3 Å². The number of benzene rings is 2. The number of nitrogens with zero attached hydrogens (tertiary/aromatic N) is 5. The van der Waals surface area contributed by atoms with E-state index in [2.05, 4.69) is 4.98 Å². The number of fused-ring (bicyclic) bond motifs is 1. The number of nitro groups is 1. The molecule has 2 aromatic carbocycles. The number of carbonyl (C=O) groups is 1. The Hall–Kier alpha value is -3.57. The van der Waals surface area contributed by atoms with E-state index < -0.39 is 14.9 Å². The second-order valence-electron chi connectivity index (χ2n) is 8.39. The van der Waals surface area contributed by atoms with Crippen LogP contribution in [0, 0.1) is 10.1 Å². The number of amides is 1. The van der Waals surface area contributed by atoms with Crippen molar-refractivity contribution in [2.75, 3.05) is 24.5 Å². The number of piperidine rings is 1. The summed E-state index contributed by atoms with van der Waals surface area (Å²) in [6.07, 6.45) is 7.83. The van der Waals surface area contributed by atoms with E-state index in [9.17, 15) is 23.3 Å². The van der Waals surface area contributed by atoms with Gasteiger partial charge < -0.3 is 9.47 Å². The first-order valence-electron chi connectivity index (χ1n) is 11.1. The third-order valence-corrected chi connectivity index (χ3v) is 8.24. The lowest BCUT2D eigenvalue weighted by atomic mass is 10.1. The topological polar surface area (TPSA) is 119 Å². The molecule has 5 rings (SSSR count). The van der Waals surface area contributed by atoms with Crippen molar-refractivity contribution in [3.8, 4) is 5.69 Å². The van der Waals surface area contributed by atoms with Gasteiger partial charge in [0, 0.05) is 49.3 Å². The van der Waals surface area contributed by atoms with Gasteiger partial charge in [-0.25, -0.2) is 13.4 Å². The number of rotatable bonds is 5. The Morgan fingerprint density at radius 3 is 2.47 bits per heavy atom. The van der Waals surface area contributed by atoms with Gasteiger partial charge in [-0.2, -0.15) is 4.31 Å². The maximum Gasteiger partial charge on any atom is 0.294 e. The lowest BCUT2D eigenvalue weighted by molar-refractivity contribution is -0.384. The molecule has 0 N–H and O–H groups in total. The third kappa shape index (κ3) is 3.86. The molecule has 0 spiro atoms. The summed E-state index contributed by atoms with van der Waals surface area (Å²) >= 11 is 0. The van der Waals surface area contributed by atoms with Gasteiger partial charge in [-0.15, -0.1) is 0 Å². The zero-order chi connectivity index (χ0) is 23.9. The van der Waals surface area contributed by atoms with E-state index in [1.165, 1.54) is 33.5 Å². The fourth-order valence-corrected chi connectivity index (χ4v) is 6.15. The molecule has 0 radical (unpaired) electrons. The number of hydrogen-bond acceptors (Lipinski definition) is 6. The third-order valence-electron chi connectivity index (χ3n) is 6.35. The monoisotopic (exact) mass is 481 g/mol. The zero-order valence-electron chi connectivity index (χ0n) is 18.3. The van der Waals surface area contributed by atoms with Crippen molar-refractivity contribution in [2.45, 2.75) is 30.6 Å². The van der Waals surface area contributed by atoms with E-state index in [4.69, 9.17) is 0 Å². The lowest BCUT2D eigenvalue weighted by Crippen LogP contribution is -2.35. The molecule has 3 aromatic rings. The average molecular weight is 482 g/mol. The molecule has 1 fully saturated rings. The van der Waals surface area contributed by atoms with Crippen molar-refractivity contribution in [2.24, 2.45) is 0 Å². The van der Waals surface area contributed by atoms with Crippen LogP contribution < -0.4 is 4.90 Å². The van der Waals surface area contributed by atoms with Crippen LogP contribution in [0.25, 0.3) is 5.69 Å². The molecular weight excluding hydrogens is 458 g/mol. The predicted octanol–water partition coefficient (Wildman–Crippen LogP) is 3.16. The number of anilines is 1. The van der Waals surface area contributed by atoms with Crippen LogP contribution in [0.15, 0.2) is 60.0 Å². The minimum absolute atomic E-state index is 0.188. The highest BCUT2D eigenvalue weighted by Crippen LogP contribution is 2.34. The molecule has 0 atom stereocenters. The first kappa shape index (κ1) is 22.2. The van der Waals surface area contributed by atoms with Crippen molar-refractivity contribution in [3.63, 3.8) is 0 Å². The van der Waals surface area contributed by atoms with E-state index in [0.717, 1.165) is 24.8 Å². The van der Waals surface area contributed by atoms with Crippen molar-refractivity contribution in [3.05, 3.63) is 76.4 Å². The molecule has 1 aromatic heterocycles. The van der Waals surface area contributed by atoms with Gasteiger partial charge in [0.2, 0.25) is 10.0 Å². The molecule has 176 valence electrons. The summed E-state index contributed by atoms with van der Waals surface area (Å²) in [6, 6.07) is 9.20. The highest BCUT2D eigenvalue weighted by molar-refractivity contribution is 7.89. The fraction of sp³-hybridized carbons (Fsp3) is 0.304. The molecule has 11 heteroatoms. The van der Waals surface area contributed by atoms with Crippen LogP contribution in [-0.4, -0.2) is 52.7 Å². The maximum atomic E-state index is 13.3. The van der Waals surface area contributed by atoms with E-state index in [-0.39, 0.29) is 22.1 Å². The number of aromatic nitrogens is 2. The zero-order valence-corrected chi connectivity index (χ0v) is 19.1. The number of carbonyl (C=O) groups excluding carboxylic acids is 1. The van der Waals surface area contributed by atoms with E-state index in [1.807, 2.05) is 0 Å². The van der Waals surface area contributed by atoms with Crippen LogP contribution in [-0.2, 0) is 16.4 Å². The average Bonchev–Trinajstić information content (AvgIpc) is 3.53. The first-order chi connectivity index (χ1) is 16.4. The van der Waals surface area contributed by atoms with Crippen LogP contribution in [0.4, 0.5) is 11.4 Å². The SMILES string of the molecule is O=C(c1ccc(-n2ccnc2)c([N+](=O)[O-])c1)N1CCc2cc(S(=O)(=O)N3CCCCC3)ccc21. The van der Waals surface area contributed by atoms with E-state index >= 15 is 0 Å². The summed E-state index contributed by atoms with van der Waals surface area (Å²) in [5.41, 5.74) is 1.70. The quantitative estimate of drug-likeness (QED) is 0.408. The van der Waals surface area contributed by atoms with Crippen LogP contribution >= 0.6 is 0 Å². The second kappa shape index (κ2) is 8.65. The molecular formula is C23H23N5O5S. The largest absolute Gasteiger partial charge is 0.308 e. The molecule has 0 unspecified atom stereocenters. The molecule has 0 saturated carbocycles. The van der Waals surface area contributed by atoms with Crippen LogP contribution in [0.3, 0.4) is 0 Å². The molecule has 10 nitrogen and oxygen atoms in total. The summed E-state index contributed by atoms with van der Waals surface area (Å²) in [4.78, 5) is 30.1. The Labute approximate surface area is 196 Å². The van der Waals surface area contributed by atoms with Gasteiger partial charge in [-0.1, -0.05) is 6.42 Å². The van der Waals surface area contributed by atoms with E-state index in [0.29, 0.717) is 37.4 Å². The fourth-order valence-electron chi connectivity index (χ4n) is 4.58. The number of nitro benzene ring substituents is 1. The summed E-state index contributed by atoms with van der Waals surface area (Å²) in [7, 11) is -3.57. The van der Waals surface area contributed by atoms with Gasteiger partial charge in [0.15, 0.2) is 0 Å². The van der Waals surface area contributed by atoms with Crippen molar-refractivity contribution in [1.29, 1.82) is 0 Å². The summed E-state index contributed by atoms with van der Waals surface area (Å²) in [5, 5.41) is 11.7. The summed E-state index contributed by atoms with van der Waals surface area (Å²) in [5.74, 6) is -0.370. The Bertz CT molecular complexity index is 1360. The standard InChI is InChI=1S/C23H23N5O5S/c29-23(18-4-6-21(22(15-18)28(30)31)25-13-9-24-16-25)27-12-8-17-14-19(5-7-20(17)27)34(32,33)26-10-2-1-3-11-26/h4-7,9,13-16H,1-3,8,10-12H2. The van der Waals surface area contributed by atoms with Gasteiger partial charge in [0.25, 0.3) is 11.6 Å². The molecule has 2 aliphatic rings. The highest BCUT2D eigenvalue weighted by atomic mass is 32.2. The Morgan fingerprint density at radius 1 is 1.00 bits per heavy atom. The Morgan fingerprint density at radius 2 is 1.76 bits per heavy atom. The summed E-state index contributed by atoms with van der Waals surface area (Å²) in [6.45, 7) is 1.42. The lowest BCUT2D eigenvalue weighted by Gasteiger charge is -2.26. The van der Waals surface area contributed by atoms with Crippen molar-refractivity contribution in [1.82, 2.24) is 13.9 Å². The normalized spacial score (nSPS) is 16.4. The van der Waals surface area contributed by atoms with Gasteiger partial charge in [0.1, 0.15) is 5.69 Å². The first-order valence-corrected chi connectivity index (χ1v) is 12.5. The smallest absolute Gasteiger partial charge is 0.294 e. The minimum Gasteiger partial charge on any atom is -0.308 e. The van der Waals surface area contributed by atoms with Gasteiger partial charge in [0.05, 0.1) is 16.1 Å². The van der Waals surface area contributed by atoms with Gasteiger partial charge >= 0.3 is 0 Å². The molecule has 2 aliphatic heterocycles. The van der Waals surface area contributed by atoms with Gasteiger partial charge in [-0.05, 0) is 55.2 Å². The van der Waals surface area contributed by atoms with Crippen molar-refractivity contribution < 1.29 is 18.1 Å². The Balaban J connectivity index is 1.43. The molecule has 34 heavy (non-hydrogen) atoms. The molecule has 1 amide bonds. The second-order valence-corrected chi connectivity index (χ2v) is 10.3. The van der Waals surface area contributed by atoms with E-state index in [1.54, 1.807) is 35.4 Å². The van der Waals surface area contributed by atoms with Gasteiger partial charge in [-0.3, -0.25) is 14.9 Å². The number of imidazole rings is 1. The van der Waals surface area contributed by atoms with Crippen LogP contribution in [0.5, 0.6) is 0 Å². The maximum absolute atomic E-state index is 13.3. The number of sulfonamides is 1. The molecule has 0 aliphatic carbocycles. The summed E-state index contributed by atoms with van der Waals surface area (Å²) < 4.78 is 29.1. The van der Waals surface area contributed by atoms with Crippen LogP contribution in [0.2, 0.25) is 0 Å². The predicted molar refractivity (Wildman–Crippen MR) is 125 cm³/mol. The van der Waals surface area contributed by atoms with Crippen LogP contribution in [0.1, 0.15) is 35.2 Å². The minimum atomic E-state index is -3.57. The molecule has 3 heterocycles.